The molecular weight excluding hydrogens is 767 g/mol. The van der Waals surface area contributed by atoms with Gasteiger partial charge in [0.05, 0.1) is 0 Å². The maximum absolute atomic E-state index is 8.91. The van der Waals surface area contributed by atoms with Gasteiger partial charge in [0.25, 0.3) is 0 Å². The second kappa shape index (κ2) is 16.4. The number of halogens is 2. The van der Waals surface area contributed by atoms with Crippen LogP contribution in [0.25, 0.3) is 34.4 Å². The van der Waals surface area contributed by atoms with E-state index in [9.17, 15) is 0 Å². The Bertz CT molecular complexity index is 1830. The van der Waals surface area contributed by atoms with E-state index in [1.165, 1.54) is 66.8 Å². The second-order valence-electron chi connectivity index (χ2n) is 16.3. The molecule has 2 aliphatic rings. The van der Waals surface area contributed by atoms with Crippen molar-refractivity contribution in [3.8, 4) is 22.3 Å². The number of allylic oxidation sites excluding steroid dienone is 2. The molecule has 0 nitrogen and oxygen atoms in total. The molecule has 6 rings (SSSR count). The molecule has 0 spiro atoms. The molecule has 2 aliphatic carbocycles. The van der Waals surface area contributed by atoms with Gasteiger partial charge in [-0.05, 0) is 0 Å². The Kier molecular flexibility index (Phi) is 12.5. The molecule has 0 aliphatic heterocycles. The van der Waals surface area contributed by atoms with Crippen LogP contribution in [0.5, 0.6) is 0 Å². The first-order chi connectivity index (χ1) is 25.0. The molecule has 0 aromatic heterocycles. The molecule has 4 unspecified atom stereocenters. The summed E-state index contributed by atoms with van der Waals surface area (Å²) in [6.45, 7) is 19.0. The number of rotatable bonds is 15. The second-order valence-corrected chi connectivity index (χ2v) is 58.8. The van der Waals surface area contributed by atoms with Gasteiger partial charge in [0.15, 0.2) is 0 Å². The van der Waals surface area contributed by atoms with Crippen LogP contribution in [0.2, 0.25) is 13.1 Å². The van der Waals surface area contributed by atoms with E-state index in [-0.39, 0.29) is 7.25 Å². The van der Waals surface area contributed by atoms with Gasteiger partial charge in [-0.15, -0.1) is 0 Å². The molecule has 0 fully saturated rings. The summed E-state index contributed by atoms with van der Waals surface area (Å²) in [6, 6.07) is 32.3. The van der Waals surface area contributed by atoms with Crippen molar-refractivity contribution in [1.82, 2.24) is 0 Å². The van der Waals surface area contributed by atoms with Crippen molar-refractivity contribution >= 4 is 35.1 Å². The van der Waals surface area contributed by atoms with Gasteiger partial charge in [0, 0.05) is 0 Å². The normalized spacial score (nSPS) is 18.7. The van der Waals surface area contributed by atoms with E-state index in [0.717, 1.165) is 51.4 Å². The minimum absolute atomic E-state index is 0.116. The SMILES string of the molecule is CCCCC1=Cc2c(-c3ccccc3C(C)CC)cccc2[CH]1[Zr]([Cl])([Cl])([CH]1C(CCCC)=Cc2c(-c3ccccc3C(C)CC)cccc21)[SiH](C)C. The average Bonchev–Trinajstić information content (AvgIpc) is 3.75. The van der Waals surface area contributed by atoms with Crippen molar-refractivity contribution in [2.45, 2.75) is 125 Å². The van der Waals surface area contributed by atoms with E-state index in [1.54, 1.807) is 0 Å². The van der Waals surface area contributed by atoms with Crippen molar-refractivity contribution < 1.29 is 15.6 Å². The topological polar surface area (TPSA) is 0 Å². The van der Waals surface area contributed by atoms with Gasteiger partial charge in [-0.1, -0.05) is 0 Å². The van der Waals surface area contributed by atoms with Crippen molar-refractivity contribution in [2.24, 2.45) is 0 Å². The first-order valence-corrected chi connectivity index (χ1v) is 36.7. The summed E-state index contributed by atoms with van der Waals surface area (Å²) in [5.41, 5.74) is 16.8. The molecule has 4 atom stereocenters. The summed E-state index contributed by atoms with van der Waals surface area (Å²) in [7, 11) is 17.8. The van der Waals surface area contributed by atoms with Crippen LogP contribution in [0.3, 0.4) is 0 Å². The summed E-state index contributed by atoms with van der Waals surface area (Å²) in [5, 5.41) is 0. The van der Waals surface area contributed by atoms with Crippen molar-refractivity contribution in [3.05, 3.63) is 129 Å². The van der Waals surface area contributed by atoms with Gasteiger partial charge in [-0.25, -0.2) is 0 Å². The summed E-state index contributed by atoms with van der Waals surface area (Å²) in [6.07, 6.45) is 14.1. The predicted octanol–water partition coefficient (Wildman–Crippen LogP) is 16.0. The van der Waals surface area contributed by atoms with Crippen molar-refractivity contribution in [3.63, 3.8) is 0 Å². The van der Waals surface area contributed by atoms with Crippen LogP contribution in [0, 0.1) is 0 Å². The van der Waals surface area contributed by atoms with E-state index >= 15 is 0 Å². The number of hydrogen-bond acceptors (Lipinski definition) is 0. The maximum atomic E-state index is 8.91. The van der Waals surface area contributed by atoms with Gasteiger partial charge < -0.3 is 0 Å². The van der Waals surface area contributed by atoms with Crippen LogP contribution in [-0.2, 0) is 15.6 Å². The quantitative estimate of drug-likeness (QED) is 0.105. The molecular formula is C48H61Cl2SiZr. The molecule has 4 aromatic carbocycles. The van der Waals surface area contributed by atoms with E-state index in [1.807, 2.05) is 0 Å². The fourth-order valence-corrected chi connectivity index (χ4v) is 41.0. The molecule has 4 aromatic rings. The Morgan fingerprint density at radius 2 is 0.942 bits per heavy atom. The minimum atomic E-state index is -4.92. The van der Waals surface area contributed by atoms with E-state index in [0.29, 0.717) is 11.8 Å². The molecule has 0 amide bonds. The Labute approximate surface area is 324 Å². The fourth-order valence-electron chi connectivity index (χ4n) is 9.51. The van der Waals surface area contributed by atoms with E-state index < -0.39 is 21.5 Å². The van der Waals surface area contributed by atoms with Crippen LogP contribution in [0.1, 0.15) is 145 Å². The summed E-state index contributed by atoms with van der Waals surface area (Å²) >= 11 is -4.92. The van der Waals surface area contributed by atoms with E-state index in [2.05, 4.69) is 152 Å². The Hall–Kier alpha value is -1.96. The van der Waals surface area contributed by atoms with Crippen LogP contribution < -0.4 is 0 Å². The summed E-state index contributed by atoms with van der Waals surface area (Å²) < 4.78 is 0.233. The average molecular weight is 828 g/mol. The molecule has 0 heterocycles. The first-order valence-electron chi connectivity index (χ1n) is 20.4. The Balaban J connectivity index is 1.61. The monoisotopic (exact) mass is 825 g/mol. The fraction of sp³-hybridized carbons (Fsp3) is 0.417. The molecule has 4 heteroatoms. The van der Waals surface area contributed by atoms with Gasteiger partial charge in [-0.2, -0.15) is 0 Å². The van der Waals surface area contributed by atoms with Crippen LogP contribution in [-0.4, -0.2) is 5.92 Å². The van der Waals surface area contributed by atoms with Crippen molar-refractivity contribution in [1.29, 1.82) is 0 Å². The molecule has 0 radical (unpaired) electrons. The number of benzene rings is 4. The first kappa shape index (κ1) is 39.7. The standard InChI is InChI=1S/2C23H27.C2H7Si.2ClH.Zr/c2*1-4-6-10-18-15-19-11-9-14-22(23(19)16-18)21-13-8-7-12-20(21)17(3)5-2;1-3-2;;;/h2*7-9,11-17H,4-6,10H2,1-3H3;3H,1-2H3;2*1H;/q;;;;;+2/p-2. The van der Waals surface area contributed by atoms with Gasteiger partial charge in [-0.3, -0.25) is 0 Å². The van der Waals surface area contributed by atoms with E-state index in [4.69, 9.17) is 17.0 Å². The third-order valence-corrected chi connectivity index (χ3v) is 64.8. The van der Waals surface area contributed by atoms with Crippen LogP contribution in [0.4, 0.5) is 0 Å². The molecule has 275 valence electrons. The molecule has 0 N–H and O–H groups in total. The Morgan fingerprint density at radius 3 is 1.31 bits per heavy atom. The molecule has 52 heavy (non-hydrogen) atoms. The summed E-state index contributed by atoms with van der Waals surface area (Å²) in [4.78, 5) is 0. The third kappa shape index (κ3) is 6.91. The van der Waals surface area contributed by atoms with Crippen LogP contribution in [0.15, 0.2) is 96.1 Å². The zero-order valence-corrected chi connectivity index (χ0v) is 38.2. The zero-order valence-electron chi connectivity index (χ0n) is 33.0. The third-order valence-electron chi connectivity index (χ3n) is 12.9. The molecule has 0 saturated carbocycles. The Morgan fingerprint density at radius 1 is 0.558 bits per heavy atom. The van der Waals surface area contributed by atoms with Crippen molar-refractivity contribution in [2.75, 3.05) is 0 Å². The molecule has 0 saturated heterocycles. The van der Waals surface area contributed by atoms with Gasteiger partial charge in [0.1, 0.15) is 0 Å². The number of fused-ring (bicyclic) bond motifs is 2. The zero-order chi connectivity index (χ0) is 37.2. The van der Waals surface area contributed by atoms with Gasteiger partial charge in [0.2, 0.25) is 0 Å². The predicted molar refractivity (Wildman–Crippen MR) is 232 cm³/mol. The number of unbranched alkanes of at least 4 members (excludes halogenated alkanes) is 2. The summed E-state index contributed by atoms with van der Waals surface area (Å²) in [5.74, 6) is -0.690. The van der Waals surface area contributed by atoms with Crippen LogP contribution >= 0.6 is 17.0 Å². The van der Waals surface area contributed by atoms with Gasteiger partial charge >= 0.3 is 327 Å². The number of hydrogen-bond donors (Lipinski definition) is 0. The molecule has 0 bridgehead atoms.